The van der Waals surface area contributed by atoms with Gasteiger partial charge in [-0.05, 0) is 41.0 Å². The first kappa shape index (κ1) is 24.5. The van der Waals surface area contributed by atoms with Crippen LogP contribution in [0.3, 0.4) is 0 Å². The highest BCUT2D eigenvalue weighted by Gasteiger charge is 2.23. The Morgan fingerprint density at radius 3 is 2.53 bits per heavy atom. The lowest BCUT2D eigenvalue weighted by molar-refractivity contribution is 0.241. The average Bonchev–Trinajstić information content (AvgIpc) is 3.27. The number of piperazine rings is 1. The number of imidazole rings is 1. The molecule has 0 aliphatic carbocycles. The third kappa shape index (κ3) is 4.40. The zero-order chi connectivity index (χ0) is 26.4. The van der Waals surface area contributed by atoms with Gasteiger partial charge in [0.25, 0.3) is 5.56 Å². The van der Waals surface area contributed by atoms with Gasteiger partial charge in [-0.1, -0.05) is 60.1 Å². The minimum absolute atomic E-state index is 0.405. The second-order valence-corrected chi connectivity index (χ2v) is 10.4. The largest absolute Gasteiger partial charge is 0.369 e. The molecule has 0 unspecified atom stereocenters. The lowest BCUT2D eigenvalue weighted by atomic mass is 10.0. The maximum atomic E-state index is 13.0. The summed E-state index contributed by atoms with van der Waals surface area (Å²) in [5.41, 5.74) is 3.42. The van der Waals surface area contributed by atoms with Crippen molar-refractivity contribution in [3.8, 4) is 0 Å². The number of fused-ring (bicyclic) bond motifs is 2. The topological polar surface area (TPSA) is 79.2 Å². The summed E-state index contributed by atoms with van der Waals surface area (Å²) in [6.07, 6.45) is 0. The molecule has 0 bridgehead atoms. The van der Waals surface area contributed by atoms with E-state index in [1.54, 1.807) is 7.05 Å². The number of H-pyrrole nitrogens is 1. The summed E-state index contributed by atoms with van der Waals surface area (Å²) in [6, 6.07) is 20.4. The number of anilines is 1. The summed E-state index contributed by atoms with van der Waals surface area (Å²) in [5.74, 6) is 0.770. The van der Waals surface area contributed by atoms with Crippen molar-refractivity contribution in [1.29, 1.82) is 0 Å². The summed E-state index contributed by atoms with van der Waals surface area (Å²) in [4.78, 5) is 37.4. The standard InChI is InChI=1S/C29H29ClN6O2/c1-19-10-11-22(30)16-24(19)35-14-12-34(13-15-35)18-25-31-27-26(28(37)32-29(38)33(27)2)36(25)17-21-8-5-7-20-6-3-4-9-23(20)21/h3-11,16H,12-15,17-18H2,1-2H3,(H,32,37,38). The minimum atomic E-state index is -0.464. The van der Waals surface area contributed by atoms with Gasteiger partial charge in [0.05, 0.1) is 13.1 Å². The van der Waals surface area contributed by atoms with Gasteiger partial charge in [0.2, 0.25) is 0 Å². The molecule has 1 saturated heterocycles. The number of benzene rings is 3. The van der Waals surface area contributed by atoms with Crippen LogP contribution >= 0.6 is 11.6 Å². The molecular formula is C29H29ClN6O2. The van der Waals surface area contributed by atoms with Crippen molar-refractivity contribution in [3.63, 3.8) is 0 Å². The van der Waals surface area contributed by atoms with Gasteiger partial charge in [-0.2, -0.15) is 0 Å². The molecule has 8 nitrogen and oxygen atoms in total. The van der Waals surface area contributed by atoms with Gasteiger partial charge in [-0.25, -0.2) is 9.78 Å². The number of halogens is 1. The second-order valence-electron chi connectivity index (χ2n) is 9.94. The van der Waals surface area contributed by atoms with E-state index in [2.05, 4.69) is 52.0 Å². The molecule has 1 N–H and O–H groups in total. The quantitative estimate of drug-likeness (QED) is 0.374. The zero-order valence-electron chi connectivity index (χ0n) is 21.4. The number of nitrogens with zero attached hydrogens (tertiary/aromatic N) is 5. The fourth-order valence-electron chi connectivity index (χ4n) is 5.44. The Morgan fingerprint density at radius 2 is 1.71 bits per heavy atom. The van der Waals surface area contributed by atoms with Crippen molar-refractivity contribution in [3.05, 3.63) is 103 Å². The van der Waals surface area contributed by atoms with Gasteiger partial charge >= 0.3 is 5.69 Å². The lowest BCUT2D eigenvalue weighted by Crippen LogP contribution is -2.46. The van der Waals surface area contributed by atoms with E-state index in [1.807, 2.05) is 34.9 Å². The van der Waals surface area contributed by atoms with Crippen molar-refractivity contribution in [2.24, 2.45) is 7.05 Å². The van der Waals surface area contributed by atoms with Crippen molar-refractivity contribution in [2.75, 3.05) is 31.1 Å². The van der Waals surface area contributed by atoms with E-state index >= 15 is 0 Å². The predicted octanol–water partition coefficient (Wildman–Crippen LogP) is 3.91. The van der Waals surface area contributed by atoms with Gasteiger partial charge in [-0.3, -0.25) is 19.2 Å². The summed E-state index contributed by atoms with van der Waals surface area (Å²) in [6.45, 7) is 6.59. The van der Waals surface area contributed by atoms with E-state index in [9.17, 15) is 9.59 Å². The Kier molecular flexibility index (Phi) is 6.29. The highest BCUT2D eigenvalue weighted by atomic mass is 35.5. The van der Waals surface area contributed by atoms with E-state index < -0.39 is 11.2 Å². The fraction of sp³-hybridized carbons (Fsp3) is 0.276. The maximum Gasteiger partial charge on any atom is 0.329 e. The van der Waals surface area contributed by atoms with Crippen LogP contribution in [0.15, 0.2) is 70.3 Å². The first-order valence-corrected chi connectivity index (χ1v) is 13.2. The summed E-state index contributed by atoms with van der Waals surface area (Å²) < 4.78 is 3.39. The van der Waals surface area contributed by atoms with Crippen molar-refractivity contribution >= 4 is 39.2 Å². The molecule has 0 amide bonds. The molecule has 38 heavy (non-hydrogen) atoms. The predicted molar refractivity (Wildman–Crippen MR) is 152 cm³/mol. The third-order valence-electron chi connectivity index (χ3n) is 7.54. The van der Waals surface area contributed by atoms with Crippen LogP contribution in [0.2, 0.25) is 5.02 Å². The highest BCUT2D eigenvalue weighted by Crippen LogP contribution is 2.26. The summed E-state index contributed by atoms with van der Waals surface area (Å²) in [7, 11) is 1.64. The first-order valence-electron chi connectivity index (χ1n) is 12.8. The van der Waals surface area contributed by atoms with Gasteiger partial charge < -0.3 is 9.47 Å². The number of nitrogens with one attached hydrogen (secondary N) is 1. The lowest BCUT2D eigenvalue weighted by Gasteiger charge is -2.36. The van der Waals surface area contributed by atoms with Crippen LogP contribution in [0.4, 0.5) is 5.69 Å². The molecule has 6 rings (SSSR count). The molecular weight excluding hydrogens is 500 g/mol. The fourth-order valence-corrected chi connectivity index (χ4v) is 5.61. The van der Waals surface area contributed by atoms with Crippen molar-refractivity contribution in [2.45, 2.75) is 20.0 Å². The molecule has 5 aromatic rings. The molecule has 194 valence electrons. The molecule has 9 heteroatoms. The molecule has 3 heterocycles. The van der Waals surface area contributed by atoms with Crippen LogP contribution in [0.5, 0.6) is 0 Å². The molecule has 0 radical (unpaired) electrons. The second kappa shape index (κ2) is 9.78. The number of hydrogen-bond acceptors (Lipinski definition) is 5. The van der Waals surface area contributed by atoms with Gasteiger partial charge in [0.15, 0.2) is 11.2 Å². The van der Waals surface area contributed by atoms with E-state index in [0.717, 1.165) is 53.4 Å². The number of rotatable bonds is 5. The smallest absolute Gasteiger partial charge is 0.329 e. The van der Waals surface area contributed by atoms with Crippen LogP contribution in [-0.2, 0) is 20.1 Å². The van der Waals surface area contributed by atoms with Crippen LogP contribution in [0.1, 0.15) is 17.0 Å². The normalized spacial score (nSPS) is 14.6. The van der Waals surface area contributed by atoms with Crippen LogP contribution in [0, 0.1) is 6.92 Å². The SMILES string of the molecule is Cc1ccc(Cl)cc1N1CCN(Cc2nc3c(c(=O)[nH]c(=O)n3C)n2Cc2cccc3ccccc23)CC1. The van der Waals surface area contributed by atoms with E-state index in [4.69, 9.17) is 16.6 Å². The van der Waals surface area contributed by atoms with E-state index in [-0.39, 0.29) is 0 Å². The Balaban J connectivity index is 1.34. The molecule has 2 aromatic heterocycles. The number of hydrogen-bond donors (Lipinski definition) is 1. The zero-order valence-corrected chi connectivity index (χ0v) is 22.2. The monoisotopic (exact) mass is 528 g/mol. The molecule has 1 fully saturated rings. The van der Waals surface area contributed by atoms with Crippen LogP contribution in [0.25, 0.3) is 21.9 Å². The highest BCUT2D eigenvalue weighted by molar-refractivity contribution is 6.30. The van der Waals surface area contributed by atoms with E-state index in [1.165, 1.54) is 15.8 Å². The average molecular weight is 529 g/mol. The van der Waals surface area contributed by atoms with Gasteiger partial charge in [-0.15, -0.1) is 0 Å². The van der Waals surface area contributed by atoms with Crippen molar-refractivity contribution < 1.29 is 0 Å². The number of aromatic nitrogens is 4. The molecule has 1 aliphatic rings. The third-order valence-corrected chi connectivity index (χ3v) is 7.78. The van der Waals surface area contributed by atoms with E-state index in [0.29, 0.717) is 24.3 Å². The number of aryl methyl sites for hydroxylation is 2. The molecule has 0 spiro atoms. The Labute approximate surface area is 224 Å². The number of aromatic amines is 1. The van der Waals surface area contributed by atoms with Crippen molar-refractivity contribution in [1.82, 2.24) is 24.0 Å². The Bertz CT molecular complexity index is 1770. The van der Waals surface area contributed by atoms with Gasteiger partial charge in [0.1, 0.15) is 5.82 Å². The molecule has 0 atom stereocenters. The summed E-state index contributed by atoms with van der Waals surface area (Å²) in [5, 5.41) is 3.02. The maximum absolute atomic E-state index is 13.0. The molecule has 1 aliphatic heterocycles. The van der Waals surface area contributed by atoms with Gasteiger partial charge in [0, 0.05) is 43.9 Å². The molecule has 3 aromatic carbocycles. The minimum Gasteiger partial charge on any atom is -0.369 e. The first-order chi connectivity index (χ1) is 18.4. The molecule has 0 saturated carbocycles. The Hall–Kier alpha value is -3.88. The Morgan fingerprint density at radius 1 is 0.947 bits per heavy atom. The van der Waals surface area contributed by atoms with Crippen LogP contribution in [-0.4, -0.2) is 50.2 Å². The van der Waals surface area contributed by atoms with Crippen LogP contribution < -0.4 is 16.1 Å². The summed E-state index contributed by atoms with van der Waals surface area (Å²) >= 11 is 6.27.